The van der Waals surface area contributed by atoms with E-state index >= 15 is 0 Å². The zero-order chi connectivity index (χ0) is 19.8. The summed E-state index contributed by atoms with van der Waals surface area (Å²) in [5.74, 6) is 0. The Morgan fingerprint density at radius 2 is 1.70 bits per heavy atom. The van der Waals surface area contributed by atoms with E-state index in [4.69, 9.17) is 23.2 Å². The van der Waals surface area contributed by atoms with E-state index in [1.165, 1.54) is 54.3 Å². The minimum absolute atomic E-state index is 0.0192. The van der Waals surface area contributed by atoms with Gasteiger partial charge in [0.05, 0.1) is 21.8 Å². The largest absolute Gasteiger partial charge is 0.317 e. The zero-order valence-electron chi connectivity index (χ0n) is 13.8. The molecule has 3 aromatic rings. The van der Waals surface area contributed by atoms with Crippen molar-refractivity contribution in [2.75, 3.05) is 4.72 Å². The Balaban J connectivity index is 1.95. The van der Waals surface area contributed by atoms with Crippen LogP contribution < -0.4 is 15.8 Å². The number of nitrogens with zero attached hydrogens (tertiary/aromatic N) is 3. The van der Waals surface area contributed by atoms with Crippen molar-refractivity contribution in [1.29, 1.82) is 0 Å². The molecule has 0 bridgehead atoms. The summed E-state index contributed by atoms with van der Waals surface area (Å²) >= 11 is 11.5. The molecule has 8 nitrogen and oxygen atoms in total. The van der Waals surface area contributed by atoms with E-state index < -0.39 is 21.1 Å². The van der Waals surface area contributed by atoms with Gasteiger partial charge >= 0.3 is 0 Å². The molecular formula is C16H12Cl2N4O4S. The van der Waals surface area contributed by atoms with Crippen LogP contribution >= 0.6 is 23.2 Å². The minimum Gasteiger partial charge on any atom is -0.317 e. The second-order valence-electron chi connectivity index (χ2n) is 5.46. The summed E-state index contributed by atoms with van der Waals surface area (Å²) in [7, 11) is -2.48. The van der Waals surface area contributed by atoms with Gasteiger partial charge in [-0.1, -0.05) is 23.2 Å². The predicted octanol–water partition coefficient (Wildman–Crippen LogP) is 2.04. The summed E-state index contributed by atoms with van der Waals surface area (Å²) in [4.78, 5) is 24.0. The van der Waals surface area contributed by atoms with Crippen molar-refractivity contribution in [3.05, 3.63) is 79.5 Å². The van der Waals surface area contributed by atoms with Crippen molar-refractivity contribution >= 4 is 38.9 Å². The first kappa shape index (κ1) is 19.2. The van der Waals surface area contributed by atoms with Gasteiger partial charge in [0.1, 0.15) is 10.7 Å². The summed E-state index contributed by atoms with van der Waals surface area (Å²) in [6.45, 7) is 0. The van der Waals surface area contributed by atoms with Crippen molar-refractivity contribution in [2.45, 2.75) is 4.90 Å². The number of pyridine rings is 1. The van der Waals surface area contributed by atoms with Crippen LogP contribution in [0.3, 0.4) is 0 Å². The molecule has 0 saturated heterocycles. The summed E-state index contributed by atoms with van der Waals surface area (Å²) in [6, 6.07) is 8.24. The number of aryl methyl sites for hydroxylation is 1. The van der Waals surface area contributed by atoms with Crippen LogP contribution in [-0.4, -0.2) is 22.8 Å². The summed E-state index contributed by atoms with van der Waals surface area (Å²) in [5.41, 5.74) is -0.894. The Bertz CT molecular complexity index is 1230. The normalized spacial score (nSPS) is 11.4. The molecule has 1 N–H and O–H groups in total. The number of rotatable bonds is 4. The van der Waals surface area contributed by atoms with Crippen LogP contribution in [0.4, 0.5) is 5.69 Å². The Morgan fingerprint density at radius 1 is 1.04 bits per heavy atom. The third kappa shape index (κ3) is 3.75. The van der Waals surface area contributed by atoms with Gasteiger partial charge in [-0.3, -0.25) is 14.3 Å². The molecule has 0 spiro atoms. The number of hydrogen-bond donors (Lipinski definition) is 1. The maximum Gasteiger partial charge on any atom is 0.291 e. The molecule has 140 valence electrons. The molecule has 0 aliphatic heterocycles. The molecule has 0 amide bonds. The SMILES string of the molecule is Cn1cccc(NS(=O)(=O)c2ccc(-n3ncc(Cl)c(Cl)c3=O)cc2)c1=O. The van der Waals surface area contributed by atoms with Gasteiger partial charge in [-0.15, -0.1) is 0 Å². The van der Waals surface area contributed by atoms with Gasteiger partial charge in [0.15, 0.2) is 0 Å². The van der Waals surface area contributed by atoms with E-state index in [0.29, 0.717) is 5.69 Å². The average Bonchev–Trinajstić information content (AvgIpc) is 2.64. The first-order chi connectivity index (χ1) is 12.7. The molecule has 0 saturated carbocycles. The Morgan fingerprint density at radius 3 is 2.37 bits per heavy atom. The summed E-state index contributed by atoms with van der Waals surface area (Å²) in [6.07, 6.45) is 2.72. The third-order valence-electron chi connectivity index (χ3n) is 3.64. The van der Waals surface area contributed by atoms with Crippen LogP contribution in [0.15, 0.2) is 63.3 Å². The molecule has 27 heavy (non-hydrogen) atoms. The second-order valence-corrected chi connectivity index (χ2v) is 7.93. The number of benzene rings is 1. The molecule has 0 fully saturated rings. The molecule has 0 unspecified atom stereocenters. The van der Waals surface area contributed by atoms with Gasteiger partial charge in [0.25, 0.3) is 21.1 Å². The highest BCUT2D eigenvalue weighted by Gasteiger charge is 2.17. The first-order valence-electron chi connectivity index (χ1n) is 7.43. The van der Waals surface area contributed by atoms with Gasteiger partial charge in [0, 0.05) is 13.2 Å². The minimum atomic E-state index is -3.99. The van der Waals surface area contributed by atoms with Crippen LogP contribution in [0.5, 0.6) is 0 Å². The Hall–Kier alpha value is -2.62. The molecule has 0 aliphatic carbocycles. The number of anilines is 1. The maximum atomic E-state index is 12.5. The fraction of sp³-hybridized carbons (Fsp3) is 0.0625. The van der Waals surface area contributed by atoms with Gasteiger partial charge in [0.2, 0.25) is 0 Å². The molecular weight excluding hydrogens is 415 g/mol. The van der Waals surface area contributed by atoms with Crippen molar-refractivity contribution in [3.8, 4) is 5.69 Å². The van der Waals surface area contributed by atoms with E-state index in [0.717, 1.165) is 4.68 Å². The Kier molecular flexibility index (Phi) is 5.09. The van der Waals surface area contributed by atoms with Crippen LogP contribution in [-0.2, 0) is 17.1 Å². The highest BCUT2D eigenvalue weighted by molar-refractivity contribution is 7.92. The molecule has 11 heteroatoms. The lowest BCUT2D eigenvalue weighted by Crippen LogP contribution is -2.24. The van der Waals surface area contributed by atoms with E-state index in [1.807, 2.05) is 0 Å². The van der Waals surface area contributed by atoms with Crippen LogP contribution in [0.1, 0.15) is 0 Å². The van der Waals surface area contributed by atoms with E-state index in [9.17, 15) is 18.0 Å². The number of sulfonamides is 1. The van der Waals surface area contributed by atoms with E-state index in [-0.39, 0.29) is 20.6 Å². The lowest BCUT2D eigenvalue weighted by atomic mass is 10.3. The quantitative estimate of drug-likeness (QED) is 0.687. The third-order valence-corrected chi connectivity index (χ3v) is 5.77. The number of aromatic nitrogens is 3. The fourth-order valence-corrected chi connectivity index (χ4v) is 3.55. The Labute approximate surface area is 163 Å². The van der Waals surface area contributed by atoms with Crippen LogP contribution in [0.25, 0.3) is 5.69 Å². The van der Waals surface area contributed by atoms with Crippen molar-refractivity contribution in [3.63, 3.8) is 0 Å². The number of nitrogens with one attached hydrogen (secondary N) is 1. The highest BCUT2D eigenvalue weighted by Crippen LogP contribution is 2.18. The monoisotopic (exact) mass is 426 g/mol. The zero-order valence-corrected chi connectivity index (χ0v) is 16.1. The average molecular weight is 427 g/mol. The van der Waals surface area contributed by atoms with Gasteiger partial charge in [-0.05, 0) is 36.4 Å². The van der Waals surface area contributed by atoms with Gasteiger partial charge in [-0.2, -0.15) is 9.78 Å². The molecule has 2 aromatic heterocycles. The lowest BCUT2D eigenvalue weighted by Gasteiger charge is -2.10. The van der Waals surface area contributed by atoms with Crippen LogP contribution in [0, 0.1) is 0 Å². The molecule has 0 atom stereocenters. The summed E-state index contributed by atoms with van der Waals surface area (Å²) in [5, 5.41) is 3.70. The lowest BCUT2D eigenvalue weighted by molar-refractivity contribution is 0.601. The molecule has 1 aromatic carbocycles. The van der Waals surface area contributed by atoms with E-state index in [1.54, 1.807) is 6.07 Å². The molecule has 0 radical (unpaired) electrons. The topological polar surface area (TPSA) is 103 Å². The summed E-state index contributed by atoms with van der Waals surface area (Å²) < 4.78 is 29.5. The van der Waals surface area contributed by atoms with Gasteiger partial charge < -0.3 is 4.57 Å². The second kappa shape index (κ2) is 7.18. The van der Waals surface area contributed by atoms with Crippen LogP contribution in [0.2, 0.25) is 10.0 Å². The molecule has 3 rings (SSSR count). The smallest absolute Gasteiger partial charge is 0.291 e. The number of hydrogen-bond acceptors (Lipinski definition) is 5. The van der Waals surface area contributed by atoms with Crippen molar-refractivity contribution in [2.24, 2.45) is 7.05 Å². The molecule has 2 heterocycles. The van der Waals surface area contributed by atoms with Gasteiger partial charge in [-0.25, -0.2) is 8.42 Å². The van der Waals surface area contributed by atoms with Crippen molar-refractivity contribution in [1.82, 2.24) is 14.3 Å². The van der Waals surface area contributed by atoms with E-state index in [2.05, 4.69) is 9.82 Å². The standard InChI is InChI=1S/C16H12Cl2N4O4S/c1-21-8-2-3-13(15(21)23)20-27(25,26)11-6-4-10(5-7-11)22-16(24)14(18)12(17)9-19-22/h2-9,20H,1H3. The predicted molar refractivity (Wildman–Crippen MR) is 102 cm³/mol. The fourth-order valence-electron chi connectivity index (χ4n) is 2.24. The van der Waals surface area contributed by atoms with Crippen molar-refractivity contribution < 1.29 is 8.42 Å². The number of halogens is 2. The maximum absolute atomic E-state index is 12.5. The first-order valence-corrected chi connectivity index (χ1v) is 9.67. The highest BCUT2D eigenvalue weighted by atomic mass is 35.5. The molecule has 0 aliphatic rings.